The number of aromatic carboxylic acids is 1. The monoisotopic (exact) mass is 193 g/mol. The molecule has 0 fully saturated rings. The molecule has 0 unspecified atom stereocenters. The van der Waals surface area contributed by atoms with Crippen molar-refractivity contribution in [2.75, 3.05) is 0 Å². The molecule has 12 heavy (non-hydrogen) atoms. The van der Waals surface area contributed by atoms with Gasteiger partial charge in [0.1, 0.15) is 5.75 Å². The van der Waals surface area contributed by atoms with Crippen molar-refractivity contribution in [1.82, 2.24) is 0 Å². The molecule has 0 aliphatic carbocycles. The molecule has 1 aromatic carbocycles. The van der Waals surface area contributed by atoms with Crippen LogP contribution in [-0.4, -0.2) is 16.2 Å². The predicted molar refractivity (Wildman–Crippen MR) is 42.3 cm³/mol. The number of aromatic hydroxyl groups is 1. The quantitative estimate of drug-likeness (QED) is 0.371. The topological polar surface area (TPSA) is 57.5 Å². The number of rotatable bonds is 1. The Morgan fingerprint density at radius 2 is 2.00 bits per heavy atom. The largest absolute Gasteiger partial charge is 1.00 e. The van der Waals surface area contributed by atoms with Gasteiger partial charge in [-0.3, -0.25) is 0 Å². The van der Waals surface area contributed by atoms with Crippen molar-refractivity contribution in [1.29, 1.82) is 0 Å². The van der Waals surface area contributed by atoms with Crippen LogP contribution in [-0.2, 0) is 0 Å². The maximum Gasteiger partial charge on any atom is 1.00 e. The molecule has 0 aromatic heterocycles. The van der Waals surface area contributed by atoms with Crippen LogP contribution in [0, 0.1) is 0 Å². The number of carboxylic acids is 1. The van der Waals surface area contributed by atoms with Gasteiger partial charge in [-0.25, -0.2) is 4.79 Å². The molecule has 2 N–H and O–H groups in total. The molecule has 0 spiro atoms. The van der Waals surface area contributed by atoms with E-state index in [1.165, 1.54) is 12.1 Å². The van der Waals surface area contributed by atoms with Gasteiger partial charge >= 0.3 is 35.5 Å². The fourth-order valence-corrected chi connectivity index (χ4v) is 0.796. The first-order valence-corrected chi connectivity index (χ1v) is 3.31. The number of phenols is 1. The molecule has 3 nitrogen and oxygen atoms in total. The Labute approximate surface area is 97.1 Å². The Morgan fingerprint density at radius 1 is 1.42 bits per heavy atom. The Kier molecular flexibility index (Phi) is 4.70. The van der Waals surface area contributed by atoms with E-state index in [-0.39, 0.29) is 40.9 Å². The minimum atomic E-state index is -1.06. The Morgan fingerprint density at radius 3 is 2.42 bits per heavy atom. The van der Waals surface area contributed by atoms with E-state index in [2.05, 4.69) is 12.6 Å². The molecule has 0 aliphatic heterocycles. The first kappa shape index (κ1) is 11.8. The van der Waals surface area contributed by atoms with Crippen molar-refractivity contribution in [3.63, 3.8) is 0 Å². The number of carbonyl (C=O) groups is 1. The van der Waals surface area contributed by atoms with Crippen molar-refractivity contribution < 1.29 is 44.6 Å². The molecule has 0 heterocycles. The van der Waals surface area contributed by atoms with Gasteiger partial charge < -0.3 is 10.2 Å². The summed E-state index contributed by atoms with van der Waals surface area (Å²) >= 11 is 3.87. The third-order valence-corrected chi connectivity index (χ3v) is 1.60. The van der Waals surface area contributed by atoms with Gasteiger partial charge in [0.15, 0.2) is 0 Å². The van der Waals surface area contributed by atoms with E-state index in [9.17, 15) is 4.79 Å². The van der Waals surface area contributed by atoms with Crippen LogP contribution < -0.4 is 29.6 Å². The van der Waals surface area contributed by atoms with Crippen molar-refractivity contribution in [3.8, 4) is 5.75 Å². The summed E-state index contributed by atoms with van der Waals surface area (Å²) in [6.07, 6.45) is 0. The molecule has 1 rings (SSSR count). The molecule has 0 atom stereocenters. The Hall–Kier alpha value is -0.160. The number of hydrogen-bond acceptors (Lipinski definition) is 3. The Balaban J connectivity index is 0.00000121. The summed E-state index contributed by atoms with van der Waals surface area (Å²) in [5.41, 5.74) is 0.0558. The van der Waals surface area contributed by atoms with Gasteiger partial charge in [0, 0.05) is 4.90 Å². The maximum absolute atomic E-state index is 10.3. The van der Waals surface area contributed by atoms with Crippen molar-refractivity contribution in [2.45, 2.75) is 4.90 Å². The first-order chi connectivity index (χ1) is 5.11. The molecule has 0 aliphatic rings. The molecule has 5 heteroatoms. The summed E-state index contributed by atoms with van der Waals surface area (Å²) in [7, 11) is 0. The second kappa shape index (κ2) is 4.77. The van der Waals surface area contributed by atoms with Gasteiger partial charge in [0.2, 0.25) is 0 Å². The van der Waals surface area contributed by atoms with Crippen LogP contribution >= 0.6 is 12.6 Å². The molecule has 58 valence electrons. The summed E-state index contributed by atoms with van der Waals surface area (Å²) in [6.45, 7) is 0. The SMILES string of the molecule is O=C(O)c1ccc(S)c(O)c1.[Na+]. The molecule has 0 bridgehead atoms. The van der Waals surface area contributed by atoms with E-state index in [0.29, 0.717) is 4.90 Å². The van der Waals surface area contributed by atoms with Crippen LogP contribution in [0.15, 0.2) is 23.1 Å². The summed E-state index contributed by atoms with van der Waals surface area (Å²) < 4.78 is 0. The van der Waals surface area contributed by atoms with Crippen LogP contribution in [0.3, 0.4) is 0 Å². The minimum Gasteiger partial charge on any atom is -0.507 e. The second-order valence-corrected chi connectivity index (χ2v) is 2.49. The zero-order chi connectivity index (χ0) is 8.43. The second-order valence-electron chi connectivity index (χ2n) is 2.01. The normalized spacial score (nSPS) is 8.75. The van der Waals surface area contributed by atoms with Crippen LogP contribution in [0.25, 0.3) is 0 Å². The van der Waals surface area contributed by atoms with Gasteiger partial charge in [0.05, 0.1) is 5.56 Å². The van der Waals surface area contributed by atoms with Gasteiger partial charge in [-0.2, -0.15) is 0 Å². The van der Waals surface area contributed by atoms with E-state index in [1.807, 2.05) is 0 Å². The zero-order valence-electron chi connectivity index (χ0n) is 6.48. The van der Waals surface area contributed by atoms with Crippen molar-refractivity contribution in [3.05, 3.63) is 23.8 Å². The van der Waals surface area contributed by atoms with Crippen LogP contribution in [0.5, 0.6) is 5.75 Å². The number of thiol groups is 1. The number of benzene rings is 1. The fourth-order valence-electron chi connectivity index (χ4n) is 0.656. The standard InChI is InChI=1S/C7H6O3S.Na/c8-5-3-4(7(9)10)1-2-6(5)11;/h1-3,8,11H,(H,9,10);/q;+1. The third-order valence-electron chi connectivity index (χ3n) is 1.22. The summed E-state index contributed by atoms with van der Waals surface area (Å²) in [6, 6.07) is 3.97. The smallest absolute Gasteiger partial charge is 0.507 e. The predicted octanol–water partition coefficient (Wildman–Crippen LogP) is -1.62. The average Bonchev–Trinajstić information content (AvgIpc) is 1.94. The molecule has 0 saturated carbocycles. The fraction of sp³-hybridized carbons (Fsp3) is 0. The molecule has 1 aromatic rings. The summed E-state index contributed by atoms with van der Waals surface area (Å²) in [5, 5.41) is 17.5. The molecular formula is C7H6NaO3S+. The zero-order valence-corrected chi connectivity index (χ0v) is 9.38. The van der Waals surface area contributed by atoms with Gasteiger partial charge in [-0.05, 0) is 18.2 Å². The van der Waals surface area contributed by atoms with Crippen LogP contribution in [0.1, 0.15) is 10.4 Å². The Bertz CT molecular complexity index is 301. The van der Waals surface area contributed by atoms with Crippen LogP contribution in [0.4, 0.5) is 0 Å². The van der Waals surface area contributed by atoms with Gasteiger partial charge in [-0.1, -0.05) is 0 Å². The van der Waals surface area contributed by atoms with Gasteiger partial charge in [0.25, 0.3) is 0 Å². The molecular weight excluding hydrogens is 187 g/mol. The van der Waals surface area contributed by atoms with E-state index in [0.717, 1.165) is 6.07 Å². The van der Waals surface area contributed by atoms with Gasteiger partial charge in [-0.15, -0.1) is 12.6 Å². The summed E-state index contributed by atoms with van der Waals surface area (Å²) in [5.74, 6) is -1.18. The minimum absolute atomic E-state index is 0. The molecule has 0 radical (unpaired) electrons. The maximum atomic E-state index is 10.3. The van der Waals surface area contributed by atoms with E-state index in [4.69, 9.17) is 10.2 Å². The third kappa shape index (κ3) is 2.71. The van der Waals surface area contributed by atoms with E-state index >= 15 is 0 Å². The summed E-state index contributed by atoms with van der Waals surface area (Å²) in [4.78, 5) is 10.7. The molecule has 0 saturated heterocycles. The van der Waals surface area contributed by atoms with Crippen LogP contribution in [0.2, 0.25) is 0 Å². The molecule has 0 amide bonds. The number of hydrogen-bond donors (Lipinski definition) is 3. The van der Waals surface area contributed by atoms with Crippen molar-refractivity contribution in [2.24, 2.45) is 0 Å². The first-order valence-electron chi connectivity index (χ1n) is 2.86. The average molecular weight is 193 g/mol. The van der Waals surface area contributed by atoms with Crippen molar-refractivity contribution >= 4 is 18.6 Å². The van der Waals surface area contributed by atoms with E-state index < -0.39 is 5.97 Å². The van der Waals surface area contributed by atoms with E-state index in [1.54, 1.807) is 0 Å². The number of carboxylic acid groups (broad SMARTS) is 1. The number of phenolic OH excluding ortho intramolecular Hbond substituents is 1.